The molecule has 4 rings (SSSR count). The fraction of sp³-hybridized carbons (Fsp3) is 0. The summed E-state index contributed by atoms with van der Waals surface area (Å²) in [4.78, 5) is -2.07. The van der Waals surface area contributed by atoms with Gasteiger partial charge in [0, 0.05) is 16.2 Å². The maximum Gasteiger partial charge on any atom is 0.296 e. The van der Waals surface area contributed by atoms with E-state index in [-0.39, 0.29) is 21.8 Å². The highest BCUT2D eigenvalue weighted by atomic mass is 32.2. The molecule has 0 atom stereocenters. The van der Waals surface area contributed by atoms with Crippen molar-refractivity contribution in [2.45, 2.75) is 14.7 Å². The Morgan fingerprint density at radius 3 is 1.80 bits per heavy atom. The van der Waals surface area contributed by atoms with Crippen LogP contribution in [0.3, 0.4) is 0 Å². The van der Waals surface area contributed by atoms with Gasteiger partial charge in [-0.3, -0.25) is 13.7 Å². The number of aromatic hydroxyl groups is 1. The molecule has 0 fully saturated rings. The Morgan fingerprint density at radius 2 is 1.20 bits per heavy atom. The summed E-state index contributed by atoms with van der Waals surface area (Å²) in [7, 11) is -14.5. The van der Waals surface area contributed by atoms with E-state index in [0.29, 0.717) is 0 Å². The van der Waals surface area contributed by atoms with Gasteiger partial charge in [0.15, 0.2) is 5.75 Å². The third-order valence-electron chi connectivity index (χ3n) is 4.99. The number of phenolic OH excluding ortho intramolecular Hbond substituents is 1. The predicted molar refractivity (Wildman–Crippen MR) is 123 cm³/mol. The van der Waals surface area contributed by atoms with Crippen molar-refractivity contribution < 1.29 is 44.0 Å². The smallest absolute Gasteiger partial charge is 0.296 e. The molecule has 4 N–H and O–H groups in total. The Morgan fingerprint density at radius 1 is 0.600 bits per heavy atom. The van der Waals surface area contributed by atoms with E-state index in [2.05, 4.69) is 10.2 Å². The van der Waals surface area contributed by atoms with Gasteiger partial charge in [-0.15, -0.1) is 10.2 Å². The van der Waals surface area contributed by atoms with Crippen LogP contribution in [0.1, 0.15) is 0 Å². The highest BCUT2D eigenvalue weighted by molar-refractivity contribution is 7.86. The molecule has 0 aliphatic heterocycles. The maximum absolute atomic E-state index is 12.0. The number of fused-ring (bicyclic) bond motifs is 2. The van der Waals surface area contributed by atoms with Gasteiger partial charge in [0.05, 0.1) is 5.69 Å². The molecule has 12 nitrogen and oxygen atoms in total. The van der Waals surface area contributed by atoms with E-state index >= 15 is 0 Å². The van der Waals surface area contributed by atoms with E-state index in [0.717, 1.165) is 24.3 Å². The minimum atomic E-state index is -5.01. The van der Waals surface area contributed by atoms with Crippen LogP contribution in [0.5, 0.6) is 5.75 Å². The standard InChI is InChI=1S/C20H14N2O10S3/c23-20-18-11(4-3-7-16(18)34(27,28)29)10-17(35(30,31)32)19(20)22-21-14-8-9-15(33(24,25)26)13-6-2-1-5-12(13)14/h1-10,23H,(H,24,25,26)(H,27,28,29)(H,30,31,32). The zero-order valence-corrected chi connectivity index (χ0v) is 19.6. The average molecular weight is 539 g/mol. The number of rotatable bonds is 5. The first-order valence-electron chi connectivity index (χ1n) is 9.34. The van der Waals surface area contributed by atoms with Crippen LogP contribution in [0.4, 0.5) is 11.4 Å². The normalized spacial score (nSPS) is 13.1. The Kier molecular flexibility index (Phi) is 5.87. The van der Waals surface area contributed by atoms with Crippen LogP contribution in [0, 0.1) is 0 Å². The molecule has 0 unspecified atom stereocenters. The number of hydrogen-bond donors (Lipinski definition) is 4. The average Bonchev–Trinajstić information content (AvgIpc) is 2.75. The van der Waals surface area contributed by atoms with Gasteiger partial charge in [-0.25, -0.2) is 0 Å². The Balaban J connectivity index is 2.04. The van der Waals surface area contributed by atoms with Gasteiger partial charge in [0.1, 0.15) is 20.4 Å². The number of azo groups is 1. The van der Waals surface area contributed by atoms with Crippen molar-refractivity contribution in [3.8, 4) is 5.75 Å². The molecule has 0 aliphatic rings. The van der Waals surface area contributed by atoms with Crippen molar-refractivity contribution in [2.24, 2.45) is 10.2 Å². The van der Waals surface area contributed by atoms with E-state index in [1.807, 2.05) is 0 Å². The lowest BCUT2D eigenvalue weighted by molar-refractivity contribution is 0.469. The van der Waals surface area contributed by atoms with Gasteiger partial charge in [-0.05, 0) is 29.7 Å². The first kappa shape index (κ1) is 24.6. The van der Waals surface area contributed by atoms with Crippen LogP contribution < -0.4 is 0 Å². The van der Waals surface area contributed by atoms with Crippen LogP contribution >= 0.6 is 0 Å². The topological polar surface area (TPSA) is 208 Å². The van der Waals surface area contributed by atoms with E-state index in [4.69, 9.17) is 0 Å². The largest absolute Gasteiger partial charge is 0.505 e. The zero-order chi connectivity index (χ0) is 25.8. The van der Waals surface area contributed by atoms with Gasteiger partial charge in [-0.2, -0.15) is 25.3 Å². The second kappa shape index (κ2) is 8.33. The van der Waals surface area contributed by atoms with E-state index < -0.39 is 61.9 Å². The lowest BCUT2D eigenvalue weighted by Crippen LogP contribution is -2.02. The molecule has 0 aromatic heterocycles. The van der Waals surface area contributed by atoms with Crippen molar-refractivity contribution in [3.05, 3.63) is 60.7 Å². The molecule has 0 radical (unpaired) electrons. The summed E-state index contributed by atoms with van der Waals surface area (Å²) in [6, 6.07) is 12.3. The Labute approximate surface area is 198 Å². The fourth-order valence-corrected chi connectivity index (χ4v) is 5.62. The molecular weight excluding hydrogens is 524 g/mol. The second-order valence-corrected chi connectivity index (χ2v) is 11.3. The molecule has 182 valence electrons. The Bertz CT molecular complexity index is 1880. The molecule has 4 aromatic carbocycles. The highest BCUT2D eigenvalue weighted by Crippen LogP contribution is 2.44. The maximum atomic E-state index is 12.0. The van der Waals surface area contributed by atoms with Gasteiger partial charge in [0.2, 0.25) is 0 Å². The van der Waals surface area contributed by atoms with Crippen molar-refractivity contribution >= 4 is 63.3 Å². The molecule has 0 aliphatic carbocycles. The molecule has 35 heavy (non-hydrogen) atoms. The van der Waals surface area contributed by atoms with Crippen molar-refractivity contribution in [1.29, 1.82) is 0 Å². The first-order valence-corrected chi connectivity index (χ1v) is 13.7. The molecule has 0 saturated heterocycles. The van der Waals surface area contributed by atoms with Crippen LogP contribution in [0.15, 0.2) is 85.6 Å². The van der Waals surface area contributed by atoms with Gasteiger partial charge in [-0.1, -0.05) is 36.4 Å². The summed E-state index contributed by atoms with van der Waals surface area (Å²) in [5, 5.41) is 18.0. The van der Waals surface area contributed by atoms with Crippen LogP contribution in [0.2, 0.25) is 0 Å². The van der Waals surface area contributed by atoms with E-state index in [9.17, 15) is 44.0 Å². The molecule has 15 heteroatoms. The SMILES string of the molecule is O=S(=O)(O)c1cc2cccc(S(=O)(=O)O)c2c(O)c1N=Nc1ccc(S(=O)(=O)O)c2ccccc12. The summed E-state index contributed by atoms with van der Waals surface area (Å²) in [6.45, 7) is 0. The molecular formula is C20H14N2O10S3. The lowest BCUT2D eigenvalue weighted by Gasteiger charge is -2.11. The van der Waals surface area contributed by atoms with Crippen molar-refractivity contribution in [2.75, 3.05) is 0 Å². The number of hydrogen-bond acceptors (Lipinski definition) is 9. The zero-order valence-electron chi connectivity index (χ0n) is 17.1. The summed E-state index contributed by atoms with van der Waals surface area (Å²) in [5.41, 5.74) is -0.851. The summed E-state index contributed by atoms with van der Waals surface area (Å²) < 4.78 is 99.6. The Hall–Kier alpha value is -3.47. The third kappa shape index (κ3) is 4.60. The molecule has 0 bridgehead atoms. The van der Waals surface area contributed by atoms with Crippen LogP contribution in [-0.2, 0) is 30.4 Å². The summed E-state index contributed by atoms with van der Waals surface area (Å²) in [6.07, 6.45) is 0. The number of phenols is 1. The minimum Gasteiger partial charge on any atom is -0.505 e. The molecule has 0 amide bonds. The van der Waals surface area contributed by atoms with Gasteiger partial charge in [0.25, 0.3) is 30.4 Å². The lowest BCUT2D eigenvalue weighted by atomic mass is 10.1. The summed E-state index contributed by atoms with van der Waals surface area (Å²) >= 11 is 0. The minimum absolute atomic E-state index is 0.0168. The third-order valence-corrected chi connectivity index (χ3v) is 7.67. The van der Waals surface area contributed by atoms with Crippen molar-refractivity contribution in [1.82, 2.24) is 0 Å². The van der Waals surface area contributed by atoms with Crippen LogP contribution in [0.25, 0.3) is 21.5 Å². The molecule has 0 saturated carbocycles. The molecule has 0 heterocycles. The fourth-order valence-electron chi connectivity index (χ4n) is 3.55. The van der Waals surface area contributed by atoms with E-state index in [1.54, 1.807) is 0 Å². The number of benzene rings is 4. The monoisotopic (exact) mass is 538 g/mol. The molecule has 0 spiro atoms. The van der Waals surface area contributed by atoms with Gasteiger partial charge >= 0.3 is 0 Å². The first-order chi connectivity index (χ1) is 16.2. The second-order valence-electron chi connectivity index (χ2n) is 7.18. The summed E-state index contributed by atoms with van der Waals surface area (Å²) in [5.74, 6) is -1.01. The van der Waals surface area contributed by atoms with Crippen LogP contribution in [-0.4, -0.2) is 44.0 Å². The predicted octanol–water partition coefficient (Wildman–Crippen LogP) is 3.85. The van der Waals surface area contributed by atoms with Gasteiger partial charge < -0.3 is 5.11 Å². The van der Waals surface area contributed by atoms with E-state index in [1.165, 1.54) is 36.4 Å². The number of nitrogens with zero attached hydrogens (tertiary/aromatic N) is 2. The molecule has 4 aromatic rings. The quantitative estimate of drug-likeness (QED) is 0.213. The highest BCUT2D eigenvalue weighted by Gasteiger charge is 2.26. The van der Waals surface area contributed by atoms with Crippen molar-refractivity contribution in [3.63, 3.8) is 0 Å².